The number of hydrogen-bond donors (Lipinski definition) is 1. The van der Waals surface area contributed by atoms with Crippen molar-refractivity contribution in [3.05, 3.63) is 32.9 Å². The van der Waals surface area contributed by atoms with Crippen molar-refractivity contribution in [3.8, 4) is 5.88 Å². The van der Waals surface area contributed by atoms with Crippen LogP contribution in [0.1, 0.15) is 10.6 Å². The van der Waals surface area contributed by atoms with Gasteiger partial charge in [-0.05, 0) is 19.1 Å². The summed E-state index contributed by atoms with van der Waals surface area (Å²) in [5, 5.41) is 0. The Morgan fingerprint density at radius 1 is 1.43 bits per heavy atom. The summed E-state index contributed by atoms with van der Waals surface area (Å²) in [6, 6.07) is 3.63. The molecule has 1 amide bonds. The molecule has 0 bridgehead atoms. The van der Waals surface area contributed by atoms with Crippen LogP contribution in [0.5, 0.6) is 5.88 Å². The Morgan fingerprint density at radius 3 is 2.82 bits per heavy atom. The molecule has 2 aromatic heterocycles. The number of amides is 1. The number of ether oxygens (including phenoxy) is 1. The van der Waals surface area contributed by atoms with Crippen molar-refractivity contribution in [2.24, 2.45) is 16.6 Å². The zero-order valence-electron chi connectivity index (χ0n) is 15.4. The first-order chi connectivity index (χ1) is 13.3. The second-order valence-corrected chi connectivity index (χ2v) is 8.48. The number of methoxy groups -OCH3 is 1. The lowest BCUT2D eigenvalue weighted by molar-refractivity contribution is -0.132. The summed E-state index contributed by atoms with van der Waals surface area (Å²) in [7, 11) is 2.94. The highest BCUT2D eigenvalue weighted by molar-refractivity contribution is 7.16. The minimum absolute atomic E-state index is 0.140. The molecule has 2 atom stereocenters. The summed E-state index contributed by atoms with van der Waals surface area (Å²) in [5.74, 6) is -0.986. The van der Waals surface area contributed by atoms with E-state index in [0.29, 0.717) is 17.4 Å². The summed E-state index contributed by atoms with van der Waals surface area (Å²) in [6.45, 7) is 2.16. The number of thiophene rings is 1. The average molecular weight is 425 g/mol. The normalized spacial score (nSPS) is 24.4. The van der Waals surface area contributed by atoms with Crippen molar-refractivity contribution in [2.75, 3.05) is 32.1 Å². The van der Waals surface area contributed by atoms with Gasteiger partial charge >= 0.3 is 0 Å². The Kier molecular flexibility index (Phi) is 4.42. The number of nitrogens with zero attached hydrogens (tertiary/aromatic N) is 5. The molecular weight excluding hydrogens is 407 g/mol. The SMILES string of the molecule is COc1nc(N2C[C@H]3C(=O)N(C)C(N)=N[C@@]3(c3ccc(Cl)s3)C2)nc(C)c1F. The Labute approximate surface area is 169 Å². The van der Waals surface area contributed by atoms with E-state index in [2.05, 4.69) is 9.97 Å². The van der Waals surface area contributed by atoms with Crippen LogP contribution in [0, 0.1) is 18.7 Å². The summed E-state index contributed by atoms with van der Waals surface area (Å²) >= 11 is 7.50. The van der Waals surface area contributed by atoms with Gasteiger partial charge < -0.3 is 15.4 Å². The van der Waals surface area contributed by atoms with Crippen LogP contribution in [0.15, 0.2) is 17.1 Å². The minimum atomic E-state index is -0.898. The molecule has 0 aromatic carbocycles. The van der Waals surface area contributed by atoms with Gasteiger partial charge in [-0.2, -0.15) is 9.37 Å². The van der Waals surface area contributed by atoms with Gasteiger partial charge in [0.2, 0.25) is 17.7 Å². The second-order valence-electron chi connectivity index (χ2n) is 6.76. The van der Waals surface area contributed by atoms with Gasteiger partial charge in [-0.25, -0.2) is 9.98 Å². The molecule has 0 saturated carbocycles. The van der Waals surface area contributed by atoms with Gasteiger partial charge in [-0.1, -0.05) is 11.6 Å². The fourth-order valence-corrected chi connectivity index (χ4v) is 4.88. The molecule has 148 valence electrons. The number of fused-ring (bicyclic) bond motifs is 1. The van der Waals surface area contributed by atoms with Crippen LogP contribution in [0.25, 0.3) is 0 Å². The molecule has 0 aliphatic carbocycles. The molecule has 2 aliphatic rings. The summed E-state index contributed by atoms with van der Waals surface area (Å²) in [4.78, 5) is 30.1. The minimum Gasteiger partial charge on any atom is -0.479 e. The van der Waals surface area contributed by atoms with Crippen molar-refractivity contribution in [3.63, 3.8) is 0 Å². The van der Waals surface area contributed by atoms with Gasteiger partial charge in [0.05, 0.1) is 29.6 Å². The van der Waals surface area contributed by atoms with Gasteiger partial charge in [0.1, 0.15) is 5.54 Å². The maximum absolute atomic E-state index is 14.1. The number of aryl methyl sites for hydroxylation is 1. The summed E-state index contributed by atoms with van der Waals surface area (Å²) in [6.07, 6.45) is 0. The van der Waals surface area contributed by atoms with Crippen molar-refractivity contribution < 1.29 is 13.9 Å². The fraction of sp³-hybridized carbons (Fsp3) is 0.412. The topological polar surface area (TPSA) is 96.9 Å². The first-order valence-corrected chi connectivity index (χ1v) is 9.68. The molecule has 2 aromatic rings. The van der Waals surface area contributed by atoms with Crippen molar-refractivity contribution >= 4 is 40.8 Å². The molecule has 2 aliphatic heterocycles. The Balaban J connectivity index is 1.82. The van der Waals surface area contributed by atoms with E-state index in [0.717, 1.165) is 4.88 Å². The Hall–Kier alpha value is -2.46. The van der Waals surface area contributed by atoms with E-state index < -0.39 is 17.3 Å². The van der Waals surface area contributed by atoms with Gasteiger partial charge in [-0.3, -0.25) is 9.69 Å². The van der Waals surface area contributed by atoms with Crippen LogP contribution in [0.4, 0.5) is 10.3 Å². The molecule has 4 heterocycles. The van der Waals surface area contributed by atoms with Gasteiger partial charge in [0, 0.05) is 18.5 Å². The third-order valence-electron chi connectivity index (χ3n) is 5.15. The van der Waals surface area contributed by atoms with Crippen LogP contribution in [0.2, 0.25) is 4.34 Å². The maximum Gasteiger partial charge on any atom is 0.255 e. The summed E-state index contributed by atoms with van der Waals surface area (Å²) in [5.41, 5.74) is 5.30. The zero-order valence-corrected chi connectivity index (χ0v) is 17.0. The quantitative estimate of drug-likeness (QED) is 0.806. The van der Waals surface area contributed by atoms with Crippen LogP contribution < -0.4 is 15.4 Å². The number of nitrogens with two attached hydrogens (primary N) is 1. The number of carbonyl (C=O) groups is 1. The lowest BCUT2D eigenvalue weighted by atomic mass is 9.84. The monoisotopic (exact) mass is 424 g/mol. The lowest BCUT2D eigenvalue weighted by Crippen LogP contribution is -2.54. The van der Waals surface area contributed by atoms with E-state index >= 15 is 0 Å². The first-order valence-electron chi connectivity index (χ1n) is 8.48. The van der Waals surface area contributed by atoms with Crippen molar-refractivity contribution in [1.82, 2.24) is 14.9 Å². The molecule has 0 unspecified atom stereocenters. The third kappa shape index (κ3) is 2.70. The first kappa shape index (κ1) is 18.9. The number of aromatic nitrogens is 2. The van der Waals surface area contributed by atoms with E-state index in [1.807, 2.05) is 6.07 Å². The zero-order chi connectivity index (χ0) is 20.2. The lowest BCUT2D eigenvalue weighted by Gasteiger charge is -2.36. The summed E-state index contributed by atoms with van der Waals surface area (Å²) < 4.78 is 19.7. The highest BCUT2D eigenvalue weighted by Gasteiger charge is 2.56. The molecule has 1 fully saturated rings. The molecule has 0 spiro atoms. The number of rotatable bonds is 3. The second kappa shape index (κ2) is 6.56. The number of halogens is 2. The average Bonchev–Trinajstić information content (AvgIpc) is 3.27. The molecule has 11 heteroatoms. The molecule has 8 nitrogen and oxygen atoms in total. The molecule has 0 radical (unpaired) electrons. The number of aliphatic imine (C=N–C) groups is 1. The number of anilines is 1. The largest absolute Gasteiger partial charge is 0.479 e. The predicted octanol–water partition coefficient (Wildman–Crippen LogP) is 1.77. The Morgan fingerprint density at radius 2 is 2.18 bits per heavy atom. The molecular formula is C17H18ClFN6O2S. The van der Waals surface area contributed by atoms with Crippen LogP contribution in [-0.2, 0) is 10.3 Å². The molecule has 1 saturated heterocycles. The van der Waals surface area contributed by atoms with Gasteiger partial charge in [0.15, 0.2) is 5.96 Å². The van der Waals surface area contributed by atoms with Crippen LogP contribution >= 0.6 is 22.9 Å². The smallest absolute Gasteiger partial charge is 0.255 e. The highest BCUT2D eigenvalue weighted by Crippen LogP contribution is 2.47. The van der Waals surface area contributed by atoms with Crippen molar-refractivity contribution in [2.45, 2.75) is 12.5 Å². The fourth-order valence-electron chi connectivity index (χ4n) is 3.66. The predicted molar refractivity (Wildman–Crippen MR) is 104 cm³/mol. The maximum atomic E-state index is 14.1. The van der Waals surface area contributed by atoms with E-state index in [9.17, 15) is 9.18 Å². The van der Waals surface area contributed by atoms with Crippen molar-refractivity contribution in [1.29, 1.82) is 0 Å². The third-order valence-corrected chi connectivity index (χ3v) is 6.55. The Bertz CT molecular complexity index is 998. The number of guanidine groups is 1. The van der Waals surface area contributed by atoms with E-state index in [1.165, 1.54) is 30.3 Å². The molecule has 28 heavy (non-hydrogen) atoms. The highest BCUT2D eigenvalue weighted by atomic mass is 35.5. The van der Waals surface area contributed by atoms with Crippen LogP contribution in [-0.4, -0.2) is 54.0 Å². The van der Waals surface area contributed by atoms with Gasteiger partial charge in [0.25, 0.3) is 5.88 Å². The van der Waals surface area contributed by atoms with E-state index in [4.69, 9.17) is 27.1 Å². The van der Waals surface area contributed by atoms with E-state index in [-0.39, 0.29) is 29.4 Å². The molecule has 2 N–H and O–H groups in total. The van der Waals surface area contributed by atoms with Gasteiger partial charge in [-0.15, -0.1) is 11.3 Å². The van der Waals surface area contributed by atoms with Crippen LogP contribution in [0.3, 0.4) is 0 Å². The van der Waals surface area contributed by atoms with E-state index in [1.54, 1.807) is 18.0 Å². The number of hydrogen-bond acceptors (Lipinski definition) is 8. The standard InChI is InChI=1S/C17H18ClFN6O2S/c1-8-12(19)13(27-3)22-16(21-8)25-6-9-14(26)24(2)15(20)23-17(9,7-25)10-4-5-11(18)28-10/h4-5,9H,6-7H2,1-3H3,(H2,20,23)/t9-,17-/m0/s1. The number of carbonyl (C=O) groups excluding carboxylic acids is 1. The molecule has 4 rings (SSSR count).